The molecule has 35 heavy (non-hydrogen) atoms. The van der Waals surface area contributed by atoms with Crippen molar-refractivity contribution < 1.29 is 33.4 Å². The van der Waals surface area contributed by atoms with E-state index in [1.54, 1.807) is 0 Å². The number of rotatable bonds is 9. The minimum Gasteiger partial charge on any atom is -0.465 e. The first-order chi connectivity index (χ1) is 16.6. The Balaban J connectivity index is 2.17. The van der Waals surface area contributed by atoms with Gasteiger partial charge in [0, 0.05) is 17.9 Å². The number of carbonyl (C=O) groups is 4. The average Bonchev–Trinajstić information content (AvgIpc) is 3.30. The number of esters is 3. The maximum atomic E-state index is 12.4. The largest absolute Gasteiger partial charge is 0.465 e. The number of aromatic nitrogens is 1. The smallest absolute Gasteiger partial charge is 0.349 e. The van der Waals surface area contributed by atoms with Crippen molar-refractivity contribution in [3.8, 4) is 6.07 Å². The van der Waals surface area contributed by atoms with Crippen molar-refractivity contribution in [1.29, 1.82) is 5.26 Å². The summed E-state index contributed by atoms with van der Waals surface area (Å²) in [7, 11) is 2.36. The molecule has 2 aromatic rings. The van der Waals surface area contributed by atoms with Gasteiger partial charge in [-0.3, -0.25) is 4.79 Å². The first kappa shape index (κ1) is 27.3. The number of anilines is 1. The number of amides is 1. The van der Waals surface area contributed by atoms with E-state index in [0.717, 1.165) is 35.7 Å². The van der Waals surface area contributed by atoms with Crippen LogP contribution in [0, 0.1) is 32.1 Å². The van der Waals surface area contributed by atoms with Gasteiger partial charge in [0.05, 0.1) is 19.8 Å². The van der Waals surface area contributed by atoms with Gasteiger partial charge in [0.15, 0.2) is 6.61 Å². The number of hydrogen-bond donors (Lipinski definition) is 1. The van der Waals surface area contributed by atoms with Gasteiger partial charge in [0.25, 0.3) is 5.91 Å². The Morgan fingerprint density at radius 3 is 2.37 bits per heavy atom. The minimum atomic E-state index is -0.964. The van der Waals surface area contributed by atoms with Gasteiger partial charge in [-0.1, -0.05) is 6.92 Å². The van der Waals surface area contributed by atoms with Crippen molar-refractivity contribution >= 4 is 46.2 Å². The van der Waals surface area contributed by atoms with E-state index >= 15 is 0 Å². The molecule has 0 aliphatic carbocycles. The number of aryl methyl sites for hydroxylation is 1. The third-order valence-electron chi connectivity index (χ3n) is 5.19. The van der Waals surface area contributed by atoms with Crippen LogP contribution in [0.1, 0.15) is 55.9 Å². The molecule has 0 atom stereocenters. The molecular formula is C24H27N3O7S. The maximum absolute atomic E-state index is 12.4. The van der Waals surface area contributed by atoms with Crippen LogP contribution in [0.15, 0.2) is 11.6 Å². The van der Waals surface area contributed by atoms with Gasteiger partial charge in [-0.05, 0) is 50.5 Å². The maximum Gasteiger partial charge on any atom is 0.349 e. The lowest BCUT2D eigenvalue weighted by atomic mass is 10.1. The molecule has 2 rings (SSSR count). The SMILES string of the molecule is CCCn1c(C)cc(/C=C(\C#N)C(=O)OCC(=O)Nc2sc(C(=O)OC)c(C)c2C(=O)OC)c1C. The fraction of sp³-hybridized carbons (Fsp3) is 0.375. The van der Waals surface area contributed by atoms with Crippen LogP contribution in [-0.4, -0.2) is 49.2 Å². The molecule has 0 spiro atoms. The predicted octanol–water partition coefficient (Wildman–Crippen LogP) is 3.55. The Morgan fingerprint density at radius 1 is 1.14 bits per heavy atom. The van der Waals surface area contributed by atoms with Crippen LogP contribution in [0.25, 0.3) is 6.08 Å². The normalized spacial score (nSPS) is 10.9. The third kappa shape index (κ3) is 6.16. The van der Waals surface area contributed by atoms with Crippen molar-refractivity contribution in [3.05, 3.63) is 44.6 Å². The van der Waals surface area contributed by atoms with Crippen molar-refractivity contribution in [3.63, 3.8) is 0 Å². The fourth-order valence-electron chi connectivity index (χ4n) is 3.44. The number of hydrogen-bond acceptors (Lipinski definition) is 9. The van der Waals surface area contributed by atoms with Crippen molar-refractivity contribution in [1.82, 2.24) is 4.57 Å². The number of nitrogens with one attached hydrogen (secondary N) is 1. The van der Waals surface area contributed by atoms with Gasteiger partial charge in [0.2, 0.25) is 0 Å². The second kappa shape index (κ2) is 12.0. The number of nitriles is 1. The van der Waals surface area contributed by atoms with Crippen LogP contribution < -0.4 is 5.32 Å². The van der Waals surface area contributed by atoms with Crippen LogP contribution in [0.5, 0.6) is 0 Å². The van der Waals surface area contributed by atoms with Crippen LogP contribution in [0.3, 0.4) is 0 Å². The third-order valence-corrected chi connectivity index (χ3v) is 6.38. The number of carbonyl (C=O) groups excluding carboxylic acids is 4. The van der Waals surface area contributed by atoms with Gasteiger partial charge in [0.1, 0.15) is 21.5 Å². The van der Waals surface area contributed by atoms with Crippen LogP contribution in [-0.2, 0) is 30.3 Å². The Morgan fingerprint density at radius 2 is 1.80 bits per heavy atom. The molecule has 11 heteroatoms. The van der Waals surface area contributed by atoms with Gasteiger partial charge < -0.3 is 24.1 Å². The van der Waals surface area contributed by atoms with Gasteiger partial charge in [-0.15, -0.1) is 11.3 Å². The molecule has 10 nitrogen and oxygen atoms in total. The zero-order valence-corrected chi connectivity index (χ0v) is 21.3. The average molecular weight is 502 g/mol. The molecule has 1 N–H and O–H groups in total. The molecule has 0 bridgehead atoms. The van der Waals surface area contributed by atoms with Gasteiger partial charge in [-0.2, -0.15) is 5.26 Å². The standard InChI is InChI=1S/C24H27N3O7S/c1-7-8-27-13(2)9-16(15(27)4)10-17(11-25)22(29)34-12-18(28)26-21-19(23(30)32-5)14(3)20(35-21)24(31)33-6/h9-10H,7-8,12H2,1-6H3,(H,26,28)/b17-10+. The number of methoxy groups -OCH3 is 2. The summed E-state index contributed by atoms with van der Waals surface area (Å²) in [6.45, 7) is 7.51. The van der Waals surface area contributed by atoms with E-state index in [4.69, 9.17) is 14.2 Å². The summed E-state index contributed by atoms with van der Waals surface area (Å²) in [4.78, 5) is 49.1. The van der Waals surface area contributed by atoms with Crippen molar-refractivity contribution in [2.45, 2.75) is 40.7 Å². The van der Waals surface area contributed by atoms with Gasteiger partial charge >= 0.3 is 17.9 Å². The molecule has 0 saturated heterocycles. The molecule has 0 radical (unpaired) electrons. The Labute approximate surface area is 207 Å². The molecule has 0 saturated carbocycles. The zero-order chi connectivity index (χ0) is 26.3. The molecule has 0 aliphatic heterocycles. The highest BCUT2D eigenvalue weighted by Crippen LogP contribution is 2.34. The summed E-state index contributed by atoms with van der Waals surface area (Å²) in [6.07, 6.45) is 2.36. The fourth-order valence-corrected chi connectivity index (χ4v) is 4.57. The predicted molar refractivity (Wildman–Crippen MR) is 129 cm³/mol. The molecule has 1 amide bonds. The van der Waals surface area contributed by atoms with Crippen LogP contribution in [0.2, 0.25) is 0 Å². The van der Waals surface area contributed by atoms with Gasteiger partial charge in [-0.25, -0.2) is 14.4 Å². The number of ether oxygens (including phenoxy) is 3. The highest BCUT2D eigenvalue weighted by molar-refractivity contribution is 7.18. The van der Waals surface area contributed by atoms with Crippen molar-refractivity contribution in [2.75, 3.05) is 26.1 Å². The lowest BCUT2D eigenvalue weighted by molar-refractivity contribution is -0.142. The molecule has 0 aromatic carbocycles. The van der Waals surface area contributed by atoms with Crippen LogP contribution >= 0.6 is 11.3 Å². The Hall–Kier alpha value is -3.91. The Kier molecular flexibility index (Phi) is 9.36. The quantitative estimate of drug-likeness (QED) is 0.238. The van der Waals surface area contributed by atoms with E-state index in [1.165, 1.54) is 27.2 Å². The molecular weight excluding hydrogens is 474 g/mol. The van der Waals surface area contributed by atoms with E-state index < -0.39 is 30.4 Å². The first-order valence-electron chi connectivity index (χ1n) is 10.6. The van der Waals surface area contributed by atoms with E-state index in [0.29, 0.717) is 5.56 Å². The molecule has 2 heterocycles. The highest BCUT2D eigenvalue weighted by atomic mass is 32.1. The van der Waals surface area contributed by atoms with E-state index in [9.17, 15) is 24.4 Å². The minimum absolute atomic E-state index is 0.00220. The summed E-state index contributed by atoms with van der Waals surface area (Å²) >= 11 is 0.833. The van der Waals surface area contributed by atoms with Crippen molar-refractivity contribution in [2.24, 2.45) is 0 Å². The van der Waals surface area contributed by atoms with E-state index in [1.807, 2.05) is 26.0 Å². The Bertz CT molecular complexity index is 1230. The number of thiophene rings is 1. The first-order valence-corrected chi connectivity index (χ1v) is 11.5. The van der Waals surface area contributed by atoms with E-state index in [-0.39, 0.29) is 26.6 Å². The van der Waals surface area contributed by atoms with E-state index in [2.05, 4.69) is 16.8 Å². The monoisotopic (exact) mass is 501 g/mol. The highest BCUT2D eigenvalue weighted by Gasteiger charge is 2.27. The number of nitrogens with zero attached hydrogens (tertiary/aromatic N) is 2. The molecule has 2 aromatic heterocycles. The molecule has 0 unspecified atom stereocenters. The summed E-state index contributed by atoms with van der Waals surface area (Å²) in [5.41, 5.74) is 2.65. The summed E-state index contributed by atoms with van der Waals surface area (Å²) < 4.78 is 16.5. The molecule has 0 aliphatic rings. The molecule has 186 valence electrons. The summed E-state index contributed by atoms with van der Waals surface area (Å²) in [6, 6.07) is 3.68. The summed E-state index contributed by atoms with van der Waals surface area (Å²) in [5.74, 6) is -3.16. The topological polar surface area (TPSA) is 137 Å². The van der Waals surface area contributed by atoms with Crippen LogP contribution in [0.4, 0.5) is 5.00 Å². The second-order valence-corrected chi connectivity index (χ2v) is 8.54. The molecule has 0 fully saturated rings. The summed E-state index contributed by atoms with van der Waals surface area (Å²) in [5, 5.41) is 11.9. The second-order valence-electron chi connectivity index (χ2n) is 7.52. The lowest BCUT2D eigenvalue weighted by Gasteiger charge is -2.08. The lowest BCUT2D eigenvalue weighted by Crippen LogP contribution is -2.22. The zero-order valence-electron chi connectivity index (χ0n) is 20.4.